The maximum atomic E-state index is 12.2. The molecule has 0 aliphatic heterocycles. The van der Waals surface area contributed by atoms with Crippen LogP contribution in [0.2, 0.25) is 0 Å². The molecular weight excluding hydrogens is 446 g/mol. The highest BCUT2D eigenvalue weighted by Gasteiger charge is 2.13. The van der Waals surface area contributed by atoms with Crippen LogP contribution in [0.15, 0.2) is 60.9 Å². The van der Waals surface area contributed by atoms with Crippen molar-refractivity contribution in [1.82, 2.24) is 14.9 Å². The van der Waals surface area contributed by atoms with Crippen LogP contribution in [-0.2, 0) is 14.3 Å². The zero-order chi connectivity index (χ0) is 25.2. The molecule has 1 unspecified atom stereocenters. The van der Waals surface area contributed by atoms with Crippen LogP contribution < -0.4 is 15.4 Å². The van der Waals surface area contributed by atoms with Gasteiger partial charge in [0.15, 0.2) is 0 Å². The predicted octanol–water partition coefficient (Wildman–Crippen LogP) is 3.80. The fourth-order valence-electron chi connectivity index (χ4n) is 3.47. The topological polar surface area (TPSA) is 106 Å². The number of ether oxygens (including phenoxy) is 2. The zero-order valence-electron chi connectivity index (χ0n) is 20.4. The number of likely N-dealkylation sites (N-methyl/N-ethyl adjacent to an activating group) is 1. The Labute approximate surface area is 205 Å². The third-order valence-electron chi connectivity index (χ3n) is 5.33. The number of benzene rings is 2. The molecule has 3 aromatic rings. The number of carbonyl (C=O) groups excluding carboxylic acids is 2. The van der Waals surface area contributed by atoms with Crippen molar-refractivity contribution in [3.63, 3.8) is 0 Å². The van der Waals surface area contributed by atoms with E-state index < -0.39 is 5.97 Å². The first-order valence-corrected chi connectivity index (χ1v) is 11.4. The molecule has 2 N–H and O–H groups in total. The molecule has 0 spiro atoms. The van der Waals surface area contributed by atoms with Gasteiger partial charge in [-0.05, 0) is 25.5 Å². The quantitative estimate of drug-likeness (QED) is 0.317. The highest BCUT2D eigenvalue weighted by atomic mass is 16.5. The standard InChI is InChI=1S/C26H31N5O4/c1-5-35-25(33)16-31(3)24(32)12-9-13-27-22-14-20-21(15-23(22)34-4)28-17-29-26(20)30-18(2)19-10-7-6-8-11-19/h6-12,14-15,17-18,27H,5,13,16H2,1-4H3,(H,28,29,30). The van der Waals surface area contributed by atoms with Crippen molar-refractivity contribution in [3.05, 3.63) is 66.5 Å². The molecule has 184 valence electrons. The Morgan fingerprint density at radius 1 is 1.17 bits per heavy atom. The predicted molar refractivity (Wildman–Crippen MR) is 136 cm³/mol. The van der Waals surface area contributed by atoms with E-state index in [9.17, 15) is 9.59 Å². The summed E-state index contributed by atoms with van der Waals surface area (Å²) in [4.78, 5) is 33.9. The van der Waals surface area contributed by atoms with Crippen molar-refractivity contribution in [2.45, 2.75) is 19.9 Å². The smallest absolute Gasteiger partial charge is 0.325 e. The van der Waals surface area contributed by atoms with Gasteiger partial charge in [-0.3, -0.25) is 9.59 Å². The van der Waals surface area contributed by atoms with Crippen LogP contribution in [0, 0.1) is 0 Å². The minimum absolute atomic E-state index is 0.0494. The molecule has 3 rings (SSSR count). The summed E-state index contributed by atoms with van der Waals surface area (Å²) in [5.41, 5.74) is 2.63. The summed E-state index contributed by atoms with van der Waals surface area (Å²) in [6.45, 7) is 4.35. The number of carbonyl (C=O) groups is 2. The highest BCUT2D eigenvalue weighted by molar-refractivity contribution is 5.94. The average Bonchev–Trinajstić information content (AvgIpc) is 2.86. The van der Waals surface area contributed by atoms with Gasteiger partial charge < -0.3 is 25.0 Å². The van der Waals surface area contributed by atoms with E-state index in [0.29, 0.717) is 18.1 Å². The third-order valence-corrected chi connectivity index (χ3v) is 5.33. The minimum Gasteiger partial charge on any atom is -0.495 e. The Morgan fingerprint density at radius 3 is 2.66 bits per heavy atom. The van der Waals surface area contributed by atoms with Crippen LogP contribution in [0.5, 0.6) is 5.75 Å². The molecule has 9 nitrogen and oxygen atoms in total. The molecule has 1 atom stereocenters. The number of fused-ring (bicyclic) bond motifs is 1. The van der Waals surface area contributed by atoms with E-state index in [-0.39, 0.29) is 25.1 Å². The Morgan fingerprint density at radius 2 is 1.94 bits per heavy atom. The number of amides is 1. The van der Waals surface area contributed by atoms with Gasteiger partial charge in [0.05, 0.1) is 24.9 Å². The fourth-order valence-corrected chi connectivity index (χ4v) is 3.47. The summed E-state index contributed by atoms with van der Waals surface area (Å²) in [7, 11) is 3.14. The molecule has 0 bridgehead atoms. The van der Waals surface area contributed by atoms with Crippen LogP contribution in [0.3, 0.4) is 0 Å². The van der Waals surface area contributed by atoms with Crippen LogP contribution in [-0.4, -0.2) is 60.6 Å². The van der Waals surface area contributed by atoms with E-state index in [0.717, 1.165) is 22.2 Å². The van der Waals surface area contributed by atoms with Gasteiger partial charge in [-0.1, -0.05) is 36.4 Å². The summed E-state index contributed by atoms with van der Waals surface area (Å²) in [6.07, 6.45) is 4.62. The van der Waals surface area contributed by atoms with Gasteiger partial charge in [0, 0.05) is 37.2 Å². The first-order valence-electron chi connectivity index (χ1n) is 11.4. The molecule has 1 amide bonds. The van der Waals surface area contributed by atoms with Crippen molar-refractivity contribution in [2.75, 3.05) is 44.5 Å². The van der Waals surface area contributed by atoms with E-state index in [2.05, 4.69) is 39.7 Å². The molecule has 0 saturated carbocycles. The maximum Gasteiger partial charge on any atom is 0.325 e. The monoisotopic (exact) mass is 477 g/mol. The van der Waals surface area contributed by atoms with Crippen LogP contribution in [0.25, 0.3) is 10.9 Å². The zero-order valence-corrected chi connectivity index (χ0v) is 20.4. The molecule has 1 heterocycles. The normalized spacial score (nSPS) is 11.8. The van der Waals surface area contributed by atoms with Crippen molar-refractivity contribution in [2.24, 2.45) is 0 Å². The second-order valence-electron chi connectivity index (χ2n) is 7.85. The Hall–Kier alpha value is -4.14. The molecule has 1 aromatic heterocycles. The van der Waals surface area contributed by atoms with Gasteiger partial charge in [0.1, 0.15) is 24.4 Å². The van der Waals surface area contributed by atoms with Crippen LogP contribution >= 0.6 is 0 Å². The summed E-state index contributed by atoms with van der Waals surface area (Å²) >= 11 is 0. The van der Waals surface area contributed by atoms with Crippen molar-refractivity contribution >= 4 is 34.3 Å². The van der Waals surface area contributed by atoms with E-state index in [4.69, 9.17) is 9.47 Å². The van der Waals surface area contributed by atoms with Gasteiger partial charge in [0.2, 0.25) is 5.91 Å². The minimum atomic E-state index is -0.441. The van der Waals surface area contributed by atoms with E-state index in [1.165, 1.54) is 17.3 Å². The number of anilines is 2. The molecule has 0 aliphatic rings. The third kappa shape index (κ3) is 6.92. The number of hydrogen-bond donors (Lipinski definition) is 2. The lowest BCUT2D eigenvalue weighted by atomic mass is 10.1. The molecular formula is C26H31N5O4. The van der Waals surface area contributed by atoms with E-state index in [1.54, 1.807) is 27.2 Å². The molecule has 0 fully saturated rings. The molecule has 0 saturated heterocycles. The summed E-state index contributed by atoms with van der Waals surface area (Å²) in [6, 6.07) is 14.0. The number of nitrogens with one attached hydrogen (secondary N) is 2. The average molecular weight is 478 g/mol. The van der Waals surface area contributed by atoms with Crippen LogP contribution in [0.1, 0.15) is 25.5 Å². The Bertz CT molecular complexity index is 1180. The van der Waals surface area contributed by atoms with Crippen molar-refractivity contribution in [3.8, 4) is 5.75 Å². The summed E-state index contributed by atoms with van der Waals surface area (Å²) < 4.78 is 10.4. The van der Waals surface area contributed by atoms with Crippen molar-refractivity contribution < 1.29 is 19.1 Å². The fraction of sp³-hybridized carbons (Fsp3) is 0.308. The number of methoxy groups -OCH3 is 1. The highest BCUT2D eigenvalue weighted by Crippen LogP contribution is 2.33. The number of nitrogens with zero attached hydrogens (tertiary/aromatic N) is 3. The second kappa shape index (κ2) is 12.4. The molecule has 2 aromatic carbocycles. The SMILES string of the molecule is CCOC(=O)CN(C)C(=O)C=CCNc1cc2c(NC(C)c3ccccc3)ncnc2cc1OC. The maximum absolute atomic E-state index is 12.2. The van der Waals surface area contributed by atoms with Crippen molar-refractivity contribution in [1.29, 1.82) is 0 Å². The summed E-state index contributed by atoms with van der Waals surface area (Å²) in [5, 5.41) is 7.57. The first kappa shape index (κ1) is 25.5. The second-order valence-corrected chi connectivity index (χ2v) is 7.85. The molecule has 9 heteroatoms. The van der Waals surface area contributed by atoms with Gasteiger partial charge >= 0.3 is 5.97 Å². The number of esters is 1. The van der Waals surface area contributed by atoms with Gasteiger partial charge in [-0.25, -0.2) is 9.97 Å². The Kier molecular flexibility index (Phi) is 9.00. The van der Waals surface area contributed by atoms with Gasteiger partial charge in [0.25, 0.3) is 0 Å². The molecule has 0 radical (unpaired) electrons. The van der Waals surface area contributed by atoms with Crippen LogP contribution in [0.4, 0.5) is 11.5 Å². The first-order chi connectivity index (χ1) is 16.9. The van der Waals surface area contributed by atoms with E-state index >= 15 is 0 Å². The lowest BCUT2D eigenvalue weighted by Crippen LogP contribution is -2.31. The Balaban J connectivity index is 1.72. The lowest BCUT2D eigenvalue weighted by molar-refractivity contribution is -0.147. The number of rotatable bonds is 11. The molecule has 35 heavy (non-hydrogen) atoms. The van der Waals surface area contributed by atoms with Gasteiger partial charge in [-0.15, -0.1) is 0 Å². The number of aromatic nitrogens is 2. The molecule has 0 aliphatic carbocycles. The van der Waals surface area contributed by atoms with E-state index in [1.807, 2.05) is 30.3 Å². The number of hydrogen-bond acceptors (Lipinski definition) is 8. The van der Waals surface area contributed by atoms with Gasteiger partial charge in [-0.2, -0.15) is 0 Å². The summed E-state index contributed by atoms with van der Waals surface area (Å²) in [5.74, 6) is 0.602. The lowest BCUT2D eigenvalue weighted by Gasteiger charge is -2.17. The largest absolute Gasteiger partial charge is 0.495 e.